The number of halogens is 2. The number of hydrogen-bond donors (Lipinski definition) is 2. The highest BCUT2D eigenvalue weighted by molar-refractivity contribution is 5.69. The fraction of sp³-hybridized carbons (Fsp3) is 0.611. The summed E-state index contributed by atoms with van der Waals surface area (Å²) in [6.07, 6.45) is 0.998. The third-order valence-electron chi connectivity index (χ3n) is 5.09. The van der Waals surface area contributed by atoms with E-state index in [1.165, 1.54) is 5.56 Å². The van der Waals surface area contributed by atoms with Crippen LogP contribution in [-0.2, 0) is 29.1 Å². The minimum atomic E-state index is -2.87. The van der Waals surface area contributed by atoms with Crippen LogP contribution in [0.5, 0.6) is 0 Å². The van der Waals surface area contributed by atoms with Gasteiger partial charge in [-0.2, -0.15) is 0 Å². The topological polar surface area (TPSA) is 58.6 Å². The second-order valence-corrected chi connectivity index (χ2v) is 6.75. The zero-order valence-corrected chi connectivity index (χ0v) is 13.6. The molecule has 1 aliphatic heterocycles. The maximum absolute atomic E-state index is 14.3. The molecule has 1 saturated carbocycles. The summed E-state index contributed by atoms with van der Waals surface area (Å²) in [5.41, 5.74) is 3.36. The van der Waals surface area contributed by atoms with E-state index in [0.29, 0.717) is 26.2 Å². The van der Waals surface area contributed by atoms with Crippen molar-refractivity contribution in [1.29, 1.82) is 0 Å². The van der Waals surface area contributed by atoms with Crippen molar-refractivity contribution in [1.82, 2.24) is 5.32 Å². The Morgan fingerprint density at radius 1 is 1.29 bits per heavy atom. The van der Waals surface area contributed by atoms with Gasteiger partial charge in [-0.3, -0.25) is 4.79 Å². The van der Waals surface area contributed by atoms with E-state index in [-0.39, 0.29) is 19.3 Å². The summed E-state index contributed by atoms with van der Waals surface area (Å²) in [7, 11) is 0. The minimum absolute atomic E-state index is 0.0410. The highest BCUT2D eigenvalue weighted by atomic mass is 19.3. The summed E-state index contributed by atoms with van der Waals surface area (Å²) in [4.78, 5) is 11.1. The Morgan fingerprint density at radius 3 is 2.92 bits per heavy atom. The van der Waals surface area contributed by atoms with Crippen LogP contribution < -0.4 is 5.32 Å². The molecule has 0 radical (unpaired) electrons. The first-order chi connectivity index (χ1) is 11.5. The number of carboxylic acid groups (broad SMARTS) is 1. The van der Waals surface area contributed by atoms with Gasteiger partial charge in [0.2, 0.25) is 0 Å². The molecule has 1 heterocycles. The molecule has 0 bridgehead atoms. The molecule has 0 amide bonds. The lowest BCUT2D eigenvalue weighted by molar-refractivity contribution is -0.142. The Hall–Kier alpha value is -1.53. The van der Waals surface area contributed by atoms with E-state index in [0.717, 1.165) is 17.5 Å². The average Bonchev–Trinajstić information content (AvgIpc) is 2.71. The van der Waals surface area contributed by atoms with Crippen molar-refractivity contribution in [3.05, 3.63) is 34.9 Å². The highest BCUT2D eigenvalue weighted by Crippen LogP contribution is 2.35. The molecular weight excluding hydrogens is 316 g/mol. The van der Waals surface area contributed by atoms with Crippen LogP contribution in [0.25, 0.3) is 0 Å². The molecule has 0 spiro atoms. The fourth-order valence-corrected chi connectivity index (χ4v) is 3.53. The first-order valence-corrected chi connectivity index (χ1v) is 8.48. The molecule has 1 aliphatic carbocycles. The SMILES string of the molecule is O=C(O)[C@@H]1CC[C@@H](NCc2ccc3c(c2)CCOC3)C(F)(F)CC1. The van der Waals surface area contributed by atoms with Gasteiger partial charge in [-0.1, -0.05) is 18.2 Å². The molecule has 132 valence electrons. The second kappa shape index (κ2) is 7.15. The quantitative estimate of drug-likeness (QED) is 0.828. The van der Waals surface area contributed by atoms with E-state index >= 15 is 0 Å². The summed E-state index contributed by atoms with van der Waals surface area (Å²) in [5.74, 6) is -4.50. The van der Waals surface area contributed by atoms with Crippen LogP contribution in [0.15, 0.2) is 18.2 Å². The van der Waals surface area contributed by atoms with E-state index in [4.69, 9.17) is 9.84 Å². The van der Waals surface area contributed by atoms with Crippen LogP contribution in [0.2, 0.25) is 0 Å². The number of benzene rings is 1. The van der Waals surface area contributed by atoms with E-state index in [9.17, 15) is 13.6 Å². The minimum Gasteiger partial charge on any atom is -0.481 e. The number of carboxylic acids is 1. The number of aliphatic carboxylic acids is 1. The molecule has 2 aliphatic rings. The van der Waals surface area contributed by atoms with Crippen LogP contribution >= 0.6 is 0 Å². The molecule has 6 heteroatoms. The van der Waals surface area contributed by atoms with Crippen molar-refractivity contribution in [3.63, 3.8) is 0 Å². The number of fused-ring (bicyclic) bond motifs is 1. The Kier molecular flexibility index (Phi) is 5.15. The van der Waals surface area contributed by atoms with Gasteiger partial charge in [0.25, 0.3) is 5.92 Å². The molecule has 2 N–H and O–H groups in total. The number of hydrogen-bond acceptors (Lipinski definition) is 3. The third kappa shape index (κ3) is 3.92. The second-order valence-electron chi connectivity index (χ2n) is 6.75. The lowest BCUT2D eigenvalue weighted by atomic mass is 9.99. The third-order valence-corrected chi connectivity index (χ3v) is 5.09. The molecule has 4 nitrogen and oxygen atoms in total. The molecule has 1 aromatic carbocycles. The van der Waals surface area contributed by atoms with Crippen molar-refractivity contribution in [3.8, 4) is 0 Å². The van der Waals surface area contributed by atoms with E-state index in [1.54, 1.807) is 0 Å². The van der Waals surface area contributed by atoms with Crippen LogP contribution in [0.3, 0.4) is 0 Å². The molecule has 1 aromatic rings. The predicted molar refractivity (Wildman–Crippen MR) is 85.0 cm³/mol. The van der Waals surface area contributed by atoms with Gasteiger partial charge >= 0.3 is 5.97 Å². The van der Waals surface area contributed by atoms with Gasteiger partial charge in [0.15, 0.2) is 0 Å². The Labute approximate surface area is 140 Å². The summed E-state index contributed by atoms with van der Waals surface area (Å²) in [6.45, 7) is 1.67. The van der Waals surface area contributed by atoms with Crippen LogP contribution in [0, 0.1) is 5.92 Å². The van der Waals surface area contributed by atoms with Gasteiger partial charge in [-0.25, -0.2) is 8.78 Å². The molecular formula is C18H23F2NO3. The molecule has 0 unspecified atom stereocenters. The summed E-state index contributed by atoms with van der Waals surface area (Å²) in [6, 6.07) is 5.02. The molecule has 0 aromatic heterocycles. The number of ether oxygens (including phenoxy) is 1. The first kappa shape index (κ1) is 17.3. The van der Waals surface area contributed by atoms with Crippen molar-refractivity contribution < 1.29 is 23.4 Å². The molecule has 24 heavy (non-hydrogen) atoms. The smallest absolute Gasteiger partial charge is 0.306 e. The van der Waals surface area contributed by atoms with Gasteiger partial charge in [-0.05, 0) is 42.4 Å². The summed E-state index contributed by atoms with van der Waals surface area (Å²) < 4.78 is 33.9. The molecule has 1 fully saturated rings. The lowest BCUT2D eigenvalue weighted by Gasteiger charge is -2.26. The summed E-state index contributed by atoms with van der Waals surface area (Å²) in [5, 5.41) is 12.0. The van der Waals surface area contributed by atoms with Gasteiger partial charge in [0.1, 0.15) is 0 Å². The monoisotopic (exact) mass is 339 g/mol. The maximum atomic E-state index is 14.3. The number of alkyl halides is 2. The first-order valence-electron chi connectivity index (χ1n) is 8.48. The van der Waals surface area contributed by atoms with E-state index in [1.807, 2.05) is 12.1 Å². The van der Waals surface area contributed by atoms with Gasteiger partial charge in [0.05, 0.1) is 25.2 Å². The van der Waals surface area contributed by atoms with Crippen LogP contribution in [0.1, 0.15) is 42.4 Å². The van der Waals surface area contributed by atoms with Crippen LogP contribution in [-0.4, -0.2) is 29.6 Å². The largest absolute Gasteiger partial charge is 0.481 e. The lowest BCUT2D eigenvalue weighted by Crippen LogP contribution is -2.43. The Morgan fingerprint density at radius 2 is 2.12 bits per heavy atom. The highest BCUT2D eigenvalue weighted by Gasteiger charge is 2.42. The molecule has 3 rings (SSSR count). The van der Waals surface area contributed by atoms with Crippen molar-refractivity contribution in [2.75, 3.05) is 6.61 Å². The molecule has 0 saturated heterocycles. The van der Waals surface area contributed by atoms with Gasteiger partial charge < -0.3 is 15.2 Å². The fourth-order valence-electron chi connectivity index (χ4n) is 3.53. The predicted octanol–water partition coefficient (Wildman–Crippen LogP) is 3.13. The Balaban J connectivity index is 1.63. The normalized spacial score (nSPS) is 26.4. The van der Waals surface area contributed by atoms with Crippen LogP contribution in [0.4, 0.5) is 8.78 Å². The number of carbonyl (C=O) groups is 1. The summed E-state index contributed by atoms with van der Waals surface area (Å²) >= 11 is 0. The van der Waals surface area contributed by atoms with Crippen molar-refractivity contribution in [2.24, 2.45) is 5.92 Å². The van der Waals surface area contributed by atoms with Gasteiger partial charge in [0, 0.05) is 13.0 Å². The molecule has 2 atom stereocenters. The van der Waals surface area contributed by atoms with E-state index in [2.05, 4.69) is 11.4 Å². The maximum Gasteiger partial charge on any atom is 0.306 e. The standard InChI is InChI=1S/C18H23F2NO3/c19-18(20)7-5-13(17(22)23)3-4-16(18)21-10-12-1-2-15-11-24-8-6-14(15)9-12/h1-2,9,13,16,21H,3-8,10-11H2,(H,22,23)/t13-,16-/m1/s1. The zero-order chi connectivity index (χ0) is 17.2. The van der Waals surface area contributed by atoms with Crippen molar-refractivity contribution in [2.45, 2.75) is 57.2 Å². The number of nitrogens with one attached hydrogen (secondary N) is 1. The average molecular weight is 339 g/mol. The van der Waals surface area contributed by atoms with Crippen molar-refractivity contribution >= 4 is 5.97 Å². The van der Waals surface area contributed by atoms with E-state index < -0.39 is 23.9 Å². The van der Waals surface area contributed by atoms with Gasteiger partial charge in [-0.15, -0.1) is 0 Å². The number of rotatable bonds is 4. The Bertz CT molecular complexity index is 606. The zero-order valence-electron chi connectivity index (χ0n) is 13.6.